The molecule has 0 spiro atoms. The molecule has 0 saturated heterocycles. The van der Waals surface area contributed by atoms with Gasteiger partial charge in [0, 0.05) is 17.5 Å². The van der Waals surface area contributed by atoms with Gasteiger partial charge in [0.1, 0.15) is 0 Å². The van der Waals surface area contributed by atoms with Crippen molar-refractivity contribution >= 4 is 11.6 Å². The van der Waals surface area contributed by atoms with Gasteiger partial charge in [-0.25, -0.2) is 0 Å². The summed E-state index contributed by atoms with van der Waals surface area (Å²) in [5.74, 6) is 0. The van der Waals surface area contributed by atoms with Crippen molar-refractivity contribution < 1.29 is 13.2 Å². The zero-order valence-corrected chi connectivity index (χ0v) is 8.65. The summed E-state index contributed by atoms with van der Waals surface area (Å²) >= 11 is 5.81. The maximum Gasteiger partial charge on any atom is 0.389 e. The second-order valence-electron chi connectivity index (χ2n) is 3.28. The van der Waals surface area contributed by atoms with Crippen LogP contribution in [0, 0.1) is 0 Å². The molecule has 0 aliphatic rings. The molecule has 0 aliphatic carbocycles. The highest BCUT2D eigenvalue weighted by molar-refractivity contribution is 6.31. The van der Waals surface area contributed by atoms with Crippen LogP contribution in [-0.4, -0.2) is 6.18 Å². The normalized spacial score (nSPS) is 13.9. The molecule has 0 bridgehead atoms. The Kier molecular flexibility index (Phi) is 3.99. The highest BCUT2D eigenvalue weighted by atomic mass is 35.5. The molecule has 15 heavy (non-hydrogen) atoms. The molecule has 5 heteroatoms. The largest absolute Gasteiger partial charge is 0.389 e. The first-order valence-electron chi connectivity index (χ1n) is 4.47. The summed E-state index contributed by atoms with van der Waals surface area (Å²) in [6, 6.07) is 6.00. The van der Waals surface area contributed by atoms with Gasteiger partial charge in [0.15, 0.2) is 0 Å². The van der Waals surface area contributed by atoms with Crippen LogP contribution in [-0.2, 0) is 0 Å². The first-order chi connectivity index (χ1) is 6.90. The van der Waals surface area contributed by atoms with E-state index in [0.29, 0.717) is 10.6 Å². The van der Waals surface area contributed by atoms with E-state index in [1.165, 1.54) is 0 Å². The summed E-state index contributed by atoms with van der Waals surface area (Å²) in [6.07, 6.45) is -5.20. The molecule has 2 N–H and O–H groups in total. The van der Waals surface area contributed by atoms with Crippen molar-refractivity contribution in [2.45, 2.75) is 25.1 Å². The minimum Gasteiger partial charge on any atom is -0.324 e. The number of rotatable bonds is 3. The van der Waals surface area contributed by atoms with Gasteiger partial charge in [0.25, 0.3) is 0 Å². The van der Waals surface area contributed by atoms with E-state index in [4.69, 9.17) is 17.3 Å². The average Bonchev–Trinajstić information content (AvgIpc) is 2.14. The Bertz CT molecular complexity index is 325. The number of halogens is 4. The summed E-state index contributed by atoms with van der Waals surface area (Å²) in [5.41, 5.74) is 6.18. The van der Waals surface area contributed by atoms with E-state index in [2.05, 4.69) is 0 Å². The van der Waals surface area contributed by atoms with Gasteiger partial charge in [-0.05, 0) is 18.1 Å². The first-order valence-corrected chi connectivity index (χ1v) is 4.85. The summed E-state index contributed by atoms with van der Waals surface area (Å²) < 4.78 is 35.8. The fourth-order valence-corrected chi connectivity index (χ4v) is 1.53. The number of benzene rings is 1. The average molecular weight is 238 g/mol. The molecule has 1 aromatic carbocycles. The fraction of sp³-hybridized carbons (Fsp3) is 0.400. The Balaban J connectivity index is 2.62. The minimum absolute atomic E-state index is 0.146. The SMILES string of the molecule is N[C@@H](CCC(F)(F)F)c1ccccc1Cl. The van der Waals surface area contributed by atoms with E-state index < -0.39 is 18.6 Å². The van der Waals surface area contributed by atoms with Crippen molar-refractivity contribution in [1.29, 1.82) is 0 Å². The molecule has 1 rings (SSSR count). The standard InChI is InChI=1S/C10H11ClF3N/c11-8-4-2-1-3-7(8)9(15)5-6-10(12,13)14/h1-4,9H,5-6,15H2/t9-/m0/s1. The molecule has 0 radical (unpaired) electrons. The molecule has 0 heterocycles. The van der Waals surface area contributed by atoms with Crippen molar-refractivity contribution in [3.05, 3.63) is 34.9 Å². The lowest BCUT2D eigenvalue weighted by atomic mass is 10.0. The summed E-state index contributed by atoms with van der Waals surface area (Å²) in [4.78, 5) is 0. The number of hydrogen-bond donors (Lipinski definition) is 1. The quantitative estimate of drug-likeness (QED) is 0.853. The van der Waals surface area contributed by atoms with Crippen LogP contribution in [0.3, 0.4) is 0 Å². The second kappa shape index (κ2) is 4.86. The van der Waals surface area contributed by atoms with Crippen molar-refractivity contribution in [2.75, 3.05) is 0 Å². The molecule has 1 atom stereocenters. The molecular weight excluding hydrogens is 227 g/mol. The van der Waals surface area contributed by atoms with Gasteiger partial charge < -0.3 is 5.73 Å². The molecule has 1 nitrogen and oxygen atoms in total. The first kappa shape index (κ1) is 12.3. The maximum atomic E-state index is 11.9. The zero-order valence-electron chi connectivity index (χ0n) is 7.89. The van der Waals surface area contributed by atoms with E-state index in [1.54, 1.807) is 24.3 Å². The molecule has 0 aromatic heterocycles. The molecule has 84 valence electrons. The van der Waals surface area contributed by atoms with Gasteiger partial charge in [-0.1, -0.05) is 29.8 Å². The lowest BCUT2D eigenvalue weighted by Gasteiger charge is -2.14. The van der Waals surface area contributed by atoms with E-state index in [9.17, 15) is 13.2 Å². The third kappa shape index (κ3) is 4.10. The highest BCUT2D eigenvalue weighted by Gasteiger charge is 2.28. The highest BCUT2D eigenvalue weighted by Crippen LogP contribution is 2.29. The van der Waals surface area contributed by atoms with Crippen LogP contribution in [0.4, 0.5) is 13.2 Å². The summed E-state index contributed by atoms with van der Waals surface area (Å²) in [7, 11) is 0. The smallest absolute Gasteiger partial charge is 0.324 e. The molecule has 0 aliphatic heterocycles. The molecule has 0 fully saturated rings. The fourth-order valence-electron chi connectivity index (χ4n) is 1.25. The Morgan fingerprint density at radius 3 is 2.40 bits per heavy atom. The van der Waals surface area contributed by atoms with Crippen LogP contribution in [0.25, 0.3) is 0 Å². The van der Waals surface area contributed by atoms with E-state index in [-0.39, 0.29) is 6.42 Å². The lowest BCUT2D eigenvalue weighted by molar-refractivity contribution is -0.136. The topological polar surface area (TPSA) is 26.0 Å². The van der Waals surface area contributed by atoms with E-state index >= 15 is 0 Å². The third-order valence-corrected chi connectivity index (χ3v) is 2.39. The number of nitrogens with two attached hydrogens (primary N) is 1. The monoisotopic (exact) mass is 237 g/mol. The number of hydrogen-bond acceptors (Lipinski definition) is 1. The predicted octanol–water partition coefficient (Wildman–Crippen LogP) is 3.68. The van der Waals surface area contributed by atoms with E-state index in [0.717, 1.165) is 0 Å². The minimum atomic E-state index is -4.17. The van der Waals surface area contributed by atoms with Gasteiger partial charge >= 0.3 is 6.18 Å². The zero-order chi connectivity index (χ0) is 11.5. The Hall–Kier alpha value is -0.740. The van der Waals surface area contributed by atoms with E-state index in [1.807, 2.05) is 0 Å². The van der Waals surface area contributed by atoms with Gasteiger partial charge in [-0.15, -0.1) is 0 Å². The molecular formula is C10H11ClF3N. The number of alkyl halides is 3. The van der Waals surface area contributed by atoms with Gasteiger partial charge in [0.2, 0.25) is 0 Å². The van der Waals surface area contributed by atoms with Crippen LogP contribution in [0.1, 0.15) is 24.4 Å². The van der Waals surface area contributed by atoms with Gasteiger partial charge in [-0.2, -0.15) is 13.2 Å². The second-order valence-corrected chi connectivity index (χ2v) is 3.69. The molecule has 1 aromatic rings. The molecule has 0 unspecified atom stereocenters. The van der Waals surface area contributed by atoms with Crippen LogP contribution in [0.15, 0.2) is 24.3 Å². The van der Waals surface area contributed by atoms with Crippen molar-refractivity contribution in [1.82, 2.24) is 0 Å². The third-order valence-electron chi connectivity index (χ3n) is 2.04. The summed E-state index contributed by atoms with van der Waals surface area (Å²) in [6.45, 7) is 0. The lowest BCUT2D eigenvalue weighted by Crippen LogP contribution is -2.16. The maximum absolute atomic E-state index is 11.9. The van der Waals surface area contributed by atoms with Crippen molar-refractivity contribution in [3.63, 3.8) is 0 Å². The summed E-state index contributed by atoms with van der Waals surface area (Å²) in [5, 5.41) is 0.409. The van der Waals surface area contributed by atoms with Gasteiger partial charge in [0.05, 0.1) is 0 Å². The van der Waals surface area contributed by atoms with Crippen LogP contribution in [0.2, 0.25) is 5.02 Å². The Morgan fingerprint density at radius 1 is 1.27 bits per heavy atom. The van der Waals surface area contributed by atoms with Crippen LogP contribution >= 0.6 is 11.6 Å². The van der Waals surface area contributed by atoms with Crippen molar-refractivity contribution in [3.8, 4) is 0 Å². The Labute approximate surface area is 91.0 Å². The van der Waals surface area contributed by atoms with Crippen LogP contribution < -0.4 is 5.73 Å². The van der Waals surface area contributed by atoms with Crippen molar-refractivity contribution in [2.24, 2.45) is 5.73 Å². The van der Waals surface area contributed by atoms with Crippen LogP contribution in [0.5, 0.6) is 0 Å². The predicted molar refractivity (Wildman–Crippen MR) is 53.7 cm³/mol. The Morgan fingerprint density at radius 2 is 1.87 bits per heavy atom. The van der Waals surface area contributed by atoms with Gasteiger partial charge in [-0.3, -0.25) is 0 Å². The molecule has 0 saturated carbocycles. The molecule has 0 amide bonds.